The monoisotopic (exact) mass is 341 g/mol. The average Bonchev–Trinajstić information content (AvgIpc) is 3.25. The molecule has 128 valence electrons. The van der Waals surface area contributed by atoms with E-state index < -0.39 is 5.82 Å². The van der Waals surface area contributed by atoms with E-state index in [0.717, 1.165) is 23.4 Å². The lowest BCUT2D eigenvalue weighted by Gasteiger charge is -2.17. The van der Waals surface area contributed by atoms with E-state index in [-0.39, 0.29) is 24.6 Å². The Morgan fingerprint density at radius 3 is 2.88 bits per heavy atom. The highest BCUT2D eigenvalue weighted by atomic mass is 19.1. The van der Waals surface area contributed by atoms with Crippen molar-refractivity contribution in [1.29, 1.82) is 0 Å². The molecule has 0 radical (unpaired) electrons. The van der Waals surface area contributed by atoms with Crippen molar-refractivity contribution in [2.24, 2.45) is 0 Å². The summed E-state index contributed by atoms with van der Waals surface area (Å²) < 4.78 is 20.3. The van der Waals surface area contributed by atoms with Crippen molar-refractivity contribution < 1.29 is 13.9 Å². The van der Waals surface area contributed by atoms with Crippen molar-refractivity contribution in [3.05, 3.63) is 48.8 Å². The van der Waals surface area contributed by atoms with Crippen LogP contribution in [-0.4, -0.2) is 49.5 Å². The summed E-state index contributed by atoms with van der Waals surface area (Å²) in [6, 6.07) is 7.83. The lowest BCUT2D eigenvalue weighted by Crippen LogP contribution is -2.33. The van der Waals surface area contributed by atoms with Crippen LogP contribution in [0.5, 0.6) is 6.01 Å². The zero-order chi connectivity index (χ0) is 17.2. The topological polar surface area (TPSA) is 73.1 Å². The van der Waals surface area contributed by atoms with Crippen molar-refractivity contribution in [2.45, 2.75) is 19.1 Å². The van der Waals surface area contributed by atoms with Crippen LogP contribution in [0.2, 0.25) is 0 Å². The molecule has 0 aliphatic carbocycles. The molecule has 4 rings (SSSR count). The molecule has 1 saturated heterocycles. The van der Waals surface area contributed by atoms with Crippen molar-refractivity contribution >= 4 is 16.9 Å². The van der Waals surface area contributed by atoms with E-state index in [9.17, 15) is 9.18 Å². The number of hydrogen-bond donors (Lipinski definition) is 0. The van der Waals surface area contributed by atoms with Gasteiger partial charge in [0.25, 0.3) is 0 Å². The highest BCUT2D eigenvalue weighted by molar-refractivity contribution is 5.80. The molecule has 25 heavy (non-hydrogen) atoms. The number of imidazole rings is 1. The number of para-hydroxylation sites is 2. The summed E-state index contributed by atoms with van der Waals surface area (Å²) >= 11 is 0. The fourth-order valence-electron chi connectivity index (χ4n) is 2.94. The second kappa shape index (κ2) is 6.46. The first kappa shape index (κ1) is 15.5. The van der Waals surface area contributed by atoms with E-state index in [2.05, 4.69) is 15.0 Å². The Balaban J connectivity index is 1.38. The first-order chi connectivity index (χ1) is 12.2. The number of rotatable bonds is 4. The molecule has 3 aromatic rings. The number of hydrogen-bond acceptors (Lipinski definition) is 5. The molecule has 1 aliphatic heterocycles. The predicted molar refractivity (Wildman–Crippen MR) is 87.3 cm³/mol. The summed E-state index contributed by atoms with van der Waals surface area (Å²) in [6.45, 7) is 1.31. The van der Waals surface area contributed by atoms with Crippen molar-refractivity contribution in [1.82, 2.24) is 24.4 Å². The van der Waals surface area contributed by atoms with Crippen LogP contribution >= 0.6 is 0 Å². The Bertz CT molecular complexity index is 895. The summed E-state index contributed by atoms with van der Waals surface area (Å²) in [6.07, 6.45) is 4.30. The predicted octanol–water partition coefficient (Wildman–Crippen LogP) is 1.65. The van der Waals surface area contributed by atoms with Gasteiger partial charge in [0.2, 0.25) is 5.91 Å². The maximum atomic E-state index is 12.8. The van der Waals surface area contributed by atoms with Crippen LogP contribution in [0.4, 0.5) is 4.39 Å². The number of likely N-dealkylation sites (tertiary alicyclic amines) is 1. The molecule has 8 heteroatoms. The molecule has 0 N–H and O–H groups in total. The van der Waals surface area contributed by atoms with Gasteiger partial charge in [-0.15, -0.1) is 0 Å². The third kappa shape index (κ3) is 3.28. The normalized spacial score (nSPS) is 17.2. The molecule has 1 aromatic carbocycles. The van der Waals surface area contributed by atoms with E-state index in [4.69, 9.17) is 4.74 Å². The van der Waals surface area contributed by atoms with E-state index in [0.29, 0.717) is 19.5 Å². The van der Waals surface area contributed by atoms with Gasteiger partial charge < -0.3 is 14.2 Å². The number of ether oxygens (including phenoxy) is 1. The van der Waals surface area contributed by atoms with Crippen molar-refractivity contribution in [3.8, 4) is 6.01 Å². The SMILES string of the molecule is O=C(Cn1cnc2ccccc21)N1CCC(Oc2ncc(F)cn2)C1. The fraction of sp³-hybridized carbons (Fsp3) is 0.294. The molecular formula is C17H16FN5O2. The summed E-state index contributed by atoms with van der Waals surface area (Å²) in [7, 11) is 0. The summed E-state index contributed by atoms with van der Waals surface area (Å²) in [5.74, 6) is -0.502. The van der Waals surface area contributed by atoms with Crippen LogP contribution < -0.4 is 4.74 Å². The Morgan fingerprint density at radius 1 is 1.24 bits per heavy atom. The van der Waals surface area contributed by atoms with Gasteiger partial charge in [0.15, 0.2) is 5.82 Å². The number of halogens is 1. The smallest absolute Gasteiger partial charge is 0.316 e. The number of carbonyl (C=O) groups excluding carboxylic acids is 1. The minimum Gasteiger partial charge on any atom is -0.458 e. The zero-order valence-corrected chi connectivity index (χ0v) is 13.4. The first-order valence-electron chi connectivity index (χ1n) is 8.01. The zero-order valence-electron chi connectivity index (χ0n) is 13.4. The maximum Gasteiger partial charge on any atom is 0.316 e. The quantitative estimate of drug-likeness (QED) is 0.721. The van der Waals surface area contributed by atoms with Crippen LogP contribution in [0.1, 0.15) is 6.42 Å². The standard InChI is InChI=1S/C17H16FN5O2/c18-12-7-19-17(20-8-12)25-13-5-6-22(9-13)16(24)10-23-11-21-14-3-1-2-4-15(14)23/h1-4,7-8,11,13H,5-6,9-10H2. The molecule has 1 fully saturated rings. The van der Waals surface area contributed by atoms with Crippen LogP contribution in [0, 0.1) is 5.82 Å². The maximum absolute atomic E-state index is 12.8. The molecule has 0 spiro atoms. The highest BCUT2D eigenvalue weighted by Crippen LogP contribution is 2.17. The van der Waals surface area contributed by atoms with Crippen molar-refractivity contribution in [3.63, 3.8) is 0 Å². The average molecular weight is 341 g/mol. The number of fused-ring (bicyclic) bond motifs is 1. The van der Waals surface area contributed by atoms with Gasteiger partial charge in [0.05, 0.1) is 36.3 Å². The molecule has 2 aromatic heterocycles. The van der Waals surface area contributed by atoms with E-state index in [1.54, 1.807) is 11.2 Å². The van der Waals surface area contributed by atoms with E-state index in [1.165, 1.54) is 0 Å². The fourth-order valence-corrected chi connectivity index (χ4v) is 2.94. The third-order valence-corrected chi connectivity index (χ3v) is 4.20. The number of aromatic nitrogens is 4. The Labute approximate surface area is 143 Å². The number of amides is 1. The molecule has 1 atom stereocenters. The Kier molecular flexibility index (Phi) is 4.01. The lowest BCUT2D eigenvalue weighted by molar-refractivity contribution is -0.131. The molecule has 7 nitrogen and oxygen atoms in total. The van der Waals surface area contributed by atoms with Gasteiger partial charge in [-0.25, -0.2) is 19.3 Å². The molecule has 0 saturated carbocycles. The molecule has 1 unspecified atom stereocenters. The first-order valence-corrected chi connectivity index (χ1v) is 8.01. The second-order valence-corrected chi connectivity index (χ2v) is 5.91. The molecule has 3 heterocycles. The number of nitrogens with zero attached hydrogens (tertiary/aromatic N) is 5. The van der Waals surface area contributed by atoms with Gasteiger partial charge in [0, 0.05) is 13.0 Å². The Morgan fingerprint density at radius 2 is 2.04 bits per heavy atom. The van der Waals surface area contributed by atoms with Gasteiger partial charge in [-0.1, -0.05) is 12.1 Å². The third-order valence-electron chi connectivity index (χ3n) is 4.20. The highest BCUT2D eigenvalue weighted by Gasteiger charge is 2.28. The van der Waals surface area contributed by atoms with Gasteiger partial charge in [-0.05, 0) is 12.1 Å². The minimum atomic E-state index is -0.511. The summed E-state index contributed by atoms with van der Waals surface area (Å²) in [5, 5.41) is 0. The summed E-state index contributed by atoms with van der Waals surface area (Å²) in [5.41, 5.74) is 1.80. The number of carbonyl (C=O) groups is 1. The van der Waals surface area contributed by atoms with Gasteiger partial charge in [-0.2, -0.15) is 0 Å². The molecule has 1 amide bonds. The lowest BCUT2D eigenvalue weighted by atomic mass is 10.3. The van der Waals surface area contributed by atoms with Gasteiger partial charge in [0.1, 0.15) is 12.6 Å². The van der Waals surface area contributed by atoms with Crippen molar-refractivity contribution in [2.75, 3.05) is 13.1 Å². The van der Waals surface area contributed by atoms with Crippen LogP contribution in [0.15, 0.2) is 43.0 Å². The van der Waals surface area contributed by atoms with Gasteiger partial charge in [-0.3, -0.25) is 4.79 Å². The number of benzene rings is 1. The molecular weight excluding hydrogens is 325 g/mol. The largest absolute Gasteiger partial charge is 0.458 e. The van der Waals surface area contributed by atoms with Gasteiger partial charge >= 0.3 is 6.01 Å². The second-order valence-electron chi connectivity index (χ2n) is 5.91. The van der Waals surface area contributed by atoms with E-state index in [1.807, 2.05) is 28.8 Å². The minimum absolute atomic E-state index is 0.00859. The van der Waals surface area contributed by atoms with E-state index >= 15 is 0 Å². The van der Waals surface area contributed by atoms with Crippen LogP contribution in [-0.2, 0) is 11.3 Å². The Hall–Kier alpha value is -3.03. The van der Waals surface area contributed by atoms with Crippen LogP contribution in [0.3, 0.4) is 0 Å². The summed E-state index contributed by atoms with van der Waals surface area (Å²) in [4.78, 5) is 26.2. The molecule has 1 aliphatic rings. The molecule has 0 bridgehead atoms. The van der Waals surface area contributed by atoms with Crippen LogP contribution in [0.25, 0.3) is 11.0 Å².